The van der Waals surface area contributed by atoms with E-state index in [1.165, 1.54) is 22.2 Å². The van der Waals surface area contributed by atoms with Crippen LogP contribution in [-0.4, -0.2) is 22.3 Å². The number of aromatic nitrogens is 1. The van der Waals surface area contributed by atoms with Crippen molar-refractivity contribution in [3.8, 4) is 0 Å². The second-order valence-electron chi connectivity index (χ2n) is 5.59. The fraction of sp³-hybridized carbons (Fsp3) is 0.400. The van der Waals surface area contributed by atoms with Crippen LogP contribution in [0.2, 0.25) is 0 Å². The summed E-state index contributed by atoms with van der Waals surface area (Å²) in [7, 11) is 0. The maximum atomic E-state index is 12.0. The van der Waals surface area contributed by atoms with Crippen molar-refractivity contribution in [1.29, 1.82) is 0 Å². The van der Waals surface area contributed by atoms with Gasteiger partial charge < -0.3 is 9.88 Å². The maximum absolute atomic E-state index is 12.0. The molecule has 1 aromatic heterocycles. The Balaban J connectivity index is 2.00. The molecule has 3 heteroatoms. The monoisotopic (exact) mass is 240 g/mol. The Morgan fingerprint density at radius 2 is 2.11 bits per heavy atom. The van der Waals surface area contributed by atoms with Gasteiger partial charge in [0.15, 0.2) is 0 Å². The van der Waals surface area contributed by atoms with E-state index >= 15 is 0 Å². The Bertz CT molecular complexity index is 658. The smallest absolute Gasteiger partial charge is 0.223 e. The van der Waals surface area contributed by atoms with Gasteiger partial charge in [0.25, 0.3) is 0 Å². The Kier molecular flexibility index (Phi) is 1.79. The van der Waals surface area contributed by atoms with Gasteiger partial charge in [0.1, 0.15) is 0 Å². The predicted molar refractivity (Wildman–Crippen MR) is 70.3 cm³/mol. The number of aromatic amines is 1. The van der Waals surface area contributed by atoms with Crippen LogP contribution in [0.4, 0.5) is 0 Å². The highest BCUT2D eigenvalue weighted by Crippen LogP contribution is 2.45. The predicted octanol–water partition coefficient (Wildman–Crippen LogP) is 2.56. The van der Waals surface area contributed by atoms with E-state index in [1.54, 1.807) is 0 Å². The molecule has 2 aliphatic rings. The van der Waals surface area contributed by atoms with Crippen molar-refractivity contribution in [2.24, 2.45) is 0 Å². The molecule has 2 aromatic rings. The molecule has 2 aliphatic heterocycles. The molecular formula is C15H16N2O. The quantitative estimate of drug-likeness (QED) is 0.754. The molecule has 3 heterocycles. The SMILES string of the molecule is C[C@@]12CCC(=O)N1CCc1c2[nH]c2ccccc12. The summed E-state index contributed by atoms with van der Waals surface area (Å²) < 4.78 is 0. The Hall–Kier alpha value is -1.77. The van der Waals surface area contributed by atoms with Gasteiger partial charge in [-0.05, 0) is 31.4 Å². The van der Waals surface area contributed by atoms with Gasteiger partial charge in [-0.1, -0.05) is 18.2 Å². The zero-order valence-electron chi connectivity index (χ0n) is 10.5. The van der Waals surface area contributed by atoms with Crippen LogP contribution >= 0.6 is 0 Å². The number of H-pyrrole nitrogens is 1. The molecule has 3 nitrogen and oxygen atoms in total. The Morgan fingerprint density at radius 3 is 3.00 bits per heavy atom. The van der Waals surface area contributed by atoms with Crippen LogP contribution in [0.15, 0.2) is 24.3 Å². The molecule has 1 aromatic carbocycles. The molecule has 0 unspecified atom stereocenters. The number of fused-ring (bicyclic) bond motifs is 5. The lowest BCUT2D eigenvalue weighted by atomic mass is 9.86. The molecular weight excluding hydrogens is 224 g/mol. The summed E-state index contributed by atoms with van der Waals surface area (Å²) in [5.74, 6) is 0.307. The van der Waals surface area contributed by atoms with E-state index in [-0.39, 0.29) is 5.54 Å². The highest BCUT2D eigenvalue weighted by Gasteiger charge is 2.47. The van der Waals surface area contributed by atoms with E-state index < -0.39 is 0 Å². The number of amides is 1. The molecule has 1 N–H and O–H groups in total. The zero-order valence-corrected chi connectivity index (χ0v) is 10.5. The van der Waals surface area contributed by atoms with Crippen molar-refractivity contribution in [1.82, 2.24) is 9.88 Å². The number of carbonyl (C=O) groups is 1. The third-order valence-corrected chi connectivity index (χ3v) is 4.66. The molecule has 1 atom stereocenters. The van der Waals surface area contributed by atoms with E-state index in [4.69, 9.17) is 0 Å². The Labute approximate surface area is 106 Å². The number of carbonyl (C=O) groups excluding carboxylic acids is 1. The van der Waals surface area contributed by atoms with E-state index in [0.717, 1.165) is 19.4 Å². The number of hydrogen-bond acceptors (Lipinski definition) is 1. The van der Waals surface area contributed by atoms with Gasteiger partial charge >= 0.3 is 0 Å². The fourth-order valence-corrected chi connectivity index (χ4v) is 3.67. The highest BCUT2D eigenvalue weighted by atomic mass is 16.2. The molecule has 1 amide bonds. The summed E-state index contributed by atoms with van der Waals surface area (Å²) in [6.45, 7) is 3.06. The van der Waals surface area contributed by atoms with Gasteiger partial charge in [-0.25, -0.2) is 0 Å². The standard InChI is InChI=1S/C15H16N2O/c1-15-8-6-13(18)17(15)9-7-11-10-4-2-3-5-12(10)16-14(11)15/h2-5,16H,6-9H2,1H3/t15-/m0/s1. The van der Waals surface area contributed by atoms with Crippen LogP contribution in [0.25, 0.3) is 10.9 Å². The molecule has 4 rings (SSSR count). The van der Waals surface area contributed by atoms with Crippen LogP contribution < -0.4 is 0 Å². The number of para-hydroxylation sites is 1. The molecule has 0 spiro atoms. The largest absolute Gasteiger partial charge is 0.356 e. The summed E-state index contributed by atoms with van der Waals surface area (Å²) in [4.78, 5) is 17.6. The molecule has 0 aliphatic carbocycles. The molecule has 18 heavy (non-hydrogen) atoms. The average molecular weight is 240 g/mol. The highest BCUT2D eigenvalue weighted by molar-refractivity contribution is 5.87. The summed E-state index contributed by atoms with van der Waals surface area (Å²) in [6, 6.07) is 8.45. The van der Waals surface area contributed by atoms with Crippen molar-refractivity contribution >= 4 is 16.8 Å². The van der Waals surface area contributed by atoms with Crippen LogP contribution in [0.5, 0.6) is 0 Å². The first-order valence-corrected chi connectivity index (χ1v) is 6.61. The average Bonchev–Trinajstić information content (AvgIpc) is 2.89. The first kappa shape index (κ1) is 10.2. The Morgan fingerprint density at radius 1 is 1.28 bits per heavy atom. The van der Waals surface area contributed by atoms with Gasteiger partial charge in [0.2, 0.25) is 5.91 Å². The number of nitrogens with one attached hydrogen (secondary N) is 1. The lowest BCUT2D eigenvalue weighted by Gasteiger charge is -2.39. The summed E-state index contributed by atoms with van der Waals surface area (Å²) in [5, 5.41) is 1.33. The second kappa shape index (κ2) is 3.16. The van der Waals surface area contributed by atoms with Crippen LogP contribution in [0.1, 0.15) is 31.0 Å². The van der Waals surface area contributed by atoms with Crippen LogP contribution in [0.3, 0.4) is 0 Å². The van der Waals surface area contributed by atoms with Gasteiger partial charge in [-0.15, -0.1) is 0 Å². The zero-order chi connectivity index (χ0) is 12.3. The van der Waals surface area contributed by atoms with E-state index in [2.05, 4.69) is 41.1 Å². The fourth-order valence-electron chi connectivity index (χ4n) is 3.67. The lowest BCUT2D eigenvalue weighted by Crippen LogP contribution is -2.46. The van der Waals surface area contributed by atoms with Crippen molar-refractivity contribution in [3.63, 3.8) is 0 Å². The first-order chi connectivity index (χ1) is 8.70. The number of nitrogens with zero attached hydrogens (tertiary/aromatic N) is 1. The van der Waals surface area contributed by atoms with Crippen LogP contribution in [0, 0.1) is 0 Å². The van der Waals surface area contributed by atoms with E-state index in [9.17, 15) is 4.79 Å². The van der Waals surface area contributed by atoms with Crippen molar-refractivity contribution in [2.75, 3.05) is 6.54 Å². The third-order valence-electron chi connectivity index (χ3n) is 4.66. The van der Waals surface area contributed by atoms with Gasteiger partial charge in [0, 0.05) is 29.6 Å². The topological polar surface area (TPSA) is 36.1 Å². The normalized spacial score (nSPS) is 26.5. The van der Waals surface area contributed by atoms with E-state index in [0.29, 0.717) is 12.3 Å². The number of rotatable bonds is 0. The molecule has 0 bridgehead atoms. The van der Waals surface area contributed by atoms with Crippen molar-refractivity contribution in [2.45, 2.75) is 31.7 Å². The molecule has 1 fully saturated rings. The maximum Gasteiger partial charge on any atom is 0.223 e. The lowest BCUT2D eigenvalue weighted by molar-refractivity contribution is -0.131. The molecule has 0 saturated carbocycles. The summed E-state index contributed by atoms with van der Waals surface area (Å²) >= 11 is 0. The van der Waals surface area contributed by atoms with Crippen molar-refractivity contribution in [3.05, 3.63) is 35.5 Å². The summed E-state index contributed by atoms with van der Waals surface area (Å²) in [5.41, 5.74) is 3.77. The molecule has 0 radical (unpaired) electrons. The van der Waals surface area contributed by atoms with Crippen molar-refractivity contribution < 1.29 is 4.79 Å². The van der Waals surface area contributed by atoms with Gasteiger partial charge in [-0.3, -0.25) is 4.79 Å². The van der Waals surface area contributed by atoms with Gasteiger partial charge in [0.05, 0.1) is 5.54 Å². The summed E-state index contributed by atoms with van der Waals surface area (Å²) in [6.07, 6.45) is 2.59. The number of benzene rings is 1. The van der Waals surface area contributed by atoms with Gasteiger partial charge in [-0.2, -0.15) is 0 Å². The minimum atomic E-state index is -0.107. The molecule has 92 valence electrons. The first-order valence-electron chi connectivity index (χ1n) is 6.61. The minimum Gasteiger partial charge on any atom is -0.356 e. The third kappa shape index (κ3) is 1.07. The molecule has 1 saturated heterocycles. The number of hydrogen-bond donors (Lipinski definition) is 1. The second-order valence-corrected chi connectivity index (χ2v) is 5.59. The minimum absolute atomic E-state index is 0.107. The van der Waals surface area contributed by atoms with E-state index in [1.807, 2.05) is 0 Å². The van der Waals surface area contributed by atoms with Crippen LogP contribution in [-0.2, 0) is 16.8 Å².